The third-order valence-electron chi connectivity index (χ3n) is 6.13. The Hall–Kier alpha value is -2.38. The number of amides is 1. The third-order valence-corrected chi connectivity index (χ3v) is 6.13. The molecule has 7 heteroatoms. The number of aryl methyl sites for hydroxylation is 2. The van der Waals surface area contributed by atoms with Crippen molar-refractivity contribution in [3.05, 3.63) is 47.8 Å². The summed E-state index contributed by atoms with van der Waals surface area (Å²) in [4.78, 5) is 17.4. The Morgan fingerprint density at radius 2 is 2.03 bits per heavy atom. The van der Waals surface area contributed by atoms with Gasteiger partial charge in [-0.15, -0.1) is 0 Å². The molecule has 1 aliphatic carbocycles. The van der Waals surface area contributed by atoms with Crippen molar-refractivity contribution >= 4 is 11.6 Å². The molecule has 2 aliphatic rings. The van der Waals surface area contributed by atoms with E-state index in [-0.39, 0.29) is 24.0 Å². The molecule has 1 atom stereocenters. The first-order valence-corrected chi connectivity index (χ1v) is 10.5. The molecule has 0 spiro atoms. The van der Waals surface area contributed by atoms with Crippen molar-refractivity contribution in [2.75, 3.05) is 37.6 Å². The van der Waals surface area contributed by atoms with E-state index in [1.807, 2.05) is 19.4 Å². The second kappa shape index (κ2) is 8.55. The molecule has 2 aromatic rings. The predicted molar refractivity (Wildman–Crippen MR) is 113 cm³/mol. The van der Waals surface area contributed by atoms with Gasteiger partial charge in [-0.3, -0.25) is 14.4 Å². The van der Waals surface area contributed by atoms with E-state index in [1.165, 1.54) is 11.3 Å². The lowest BCUT2D eigenvalue weighted by atomic mass is 9.75. The van der Waals surface area contributed by atoms with Crippen LogP contribution in [0.3, 0.4) is 0 Å². The molecular weight excluding hydrogens is 366 g/mol. The van der Waals surface area contributed by atoms with Gasteiger partial charge < -0.3 is 15.3 Å². The molecule has 1 saturated heterocycles. The van der Waals surface area contributed by atoms with Crippen LogP contribution in [0, 0.1) is 12.8 Å². The first-order valence-electron chi connectivity index (χ1n) is 10.5. The van der Waals surface area contributed by atoms with E-state index in [4.69, 9.17) is 0 Å². The van der Waals surface area contributed by atoms with E-state index in [2.05, 4.69) is 51.4 Å². The van der Waals surface area contributed by atoms with E-state index in [0.717, 1.165) is 44.6 Å². The summed E-state index contributed by atoms with van der Waals surface area (Å²) in [7, 11) is 1.88. The number of hydrogen-bond acceptors (Lipinski definition) is 5. The average Bonchev–Trinajstić information content (AvgIpc) is 3.11. The maximum absolute atomic E-state index is 12.8. The van der Waals surface area contributed by atoms with Gasteiger partial charge in [0.05, 0.1) is 24.9 Å². The standard InChI is InChI=1S/C22H31N5O2/c1-16-4-3-5-19(10-16)27-8-6-26(7-9-27)15-21(29)24-22(17-11-20(28)12-17)18-13-23-25(2)14-18/h3-5,10,13-14,17,20,22,28H,6-9,11-12,15H2,1-2H3,(H,24,29)/t17?,20?,22-/m1/s1. The van der Waals surface area contributed by atoms with E-state index >= 15 is 0 Å². The van der Waals surface area contributed by atoms with Gasteiger partial charge in [0.2, 0.25) is 5.91 Å². The van der Waals surface area contributed by atoms with Crippen LogP contribution in [-0.4, -0.2) is 64.5 Å². The minimum atomic E-state index is -0.245. The molecule has 7 nitrogen and oxygen atoms in total. The topological polar surface area (TPSA) is 73.6 Å². The molecule has 29 heavy (non-hydrogen) atoms. The zero-order valence-electron chi connectivity index (χ0n) is 17.3. The van der Waals surface area contributed by atoms with Gasteiger partial charge in [0.1, 0.15) is 0 Å². The summed E-state index contributed by atoms with van der Waals surface area (Å²) < 4.78 is 1.76. The number of nitrogens with one attached hydrogen (secondary N) is 1. The fraction of sp³-hybridized carbons (Fsp3) is 0.545. The number of anilines is 1. The Labute approximate surface area is 172 Å². The molecule has 0 bridgehead atoms. The van der Waals surface area contributed by atoms with Crippen molar-refractivity contribution < 1.29 is 9.90 Å². The molecule has 2 fully saturated rings. The van der Waals surface area contributed by atoms with Crippen LogP contribution in [0.25, 0.3) is 0 Å². The smallest absolute Gasteiger partial charge is 0.234 e. The Morgan fingerprint density at radius 3 is 2.66 bits per heavy atom. The number of piperazine rings is 1. The molecule has 1 saturated carbocycles. The molecule has 2 heterocycles. The van der Waals surface area contributed by atoms with Crippen molar-refractivity contribution in [3.8, 4) is 0 Å². The van der Waals surface area contributed by atoms with Crippen LogP contribution < -0.4 is 10.2 Å². The van der Waals surface area contributed by atoms with Gasteiger partial charge in [-0.1, -0.05) is 12.1 Å². The van der Waals surface area contributed by atoms with Gasteiger partial charge >= 0.3 is 0 Å². The monoisotopic (exact) mass is 397 g/mol. The zero-order chi connectivity index (χ0) is 20.4. The Kier molecular flexibility index (Phi) is 5.87. The molecule has 1 aliphatic heterocycles. The molecule has 4 rings (SSSR count). The number of carbonyl (C=O) groups is 1. The second-order valence-electron chi connectivity index (χ2n) is 8.48. The summed E-state index contributed by atoms with van der Waals surface area (Å²) in [6.45, 7) is 6.13. The van der Waals surface area contributed by atoms with Crippen LogP contribution in [-0.2, 0) is 11.8 Å². The molecule has 1 aromatic heterocycles. The molecule has 1 aromatic carbocycles. The summed E-state index contributed by atoms with van der Waals surface area (Å²) in [5.74, 6) is 0.320. The summed E-state index contributed by atoms with van der Waals surface area (Å²) in [6, 6.07) is 8.51. The summed E-state index contributed by atoms with van der Waals surface area (Å²) in [6.07, 6.45) is 4.99. The first kappa shape index (κ1) is 19.9. The van der Waals surface area contributed by atoms with Crippen molar-refractivity contribution in [3.63, 3.8) is 0 Å². The number of carbonyl (C=O) groups excluding carboxylic acids is 1. The van der Waals surface area contributed by atoms with Gasteiger partial charge in [-0.2, -0.15) is 5.10 Å². The van der Waals surface area contributed by atoms with Crippen LogP contribution in [0.5, 0.6) is 0 Å². The number of rotatable bonds is 6. The van der Waals surface area contributed by atoms with Crippen molar-refractivity contribution in [1.82, 2.24) is 20.0 Å². The van der Waals surface area contributed by atoms with Crippen LogP contribution in [0.2, 0.25) is 0 Å². The number of aromatic nitrogens is 2. The predicted octanol–water partition coefficient (Wildman–Crippen LogP) is 1.48. The average molecular weight is 398 g/mol. The quantitative estimate of drug-likeness (QED) is 0.772. The minimum Gasteiger partial charge on any atom is -0.393 e. The van der Waals surface area contributed by atoms with Crippen LogP contribution in [0.15, 0.2) is 36.7 Å². The SMILES string of the molecule is Cc1cccc(N2CCN(CC(=O)N[C@@H](c3cnn(C)c3)C3CC(O)C3)CC2)c1. The normalized spacial score (nSPS) is 23.5. The van der Waals surface area contributed by atoms with Gasteiger partial charge in [0, 0.05) is 50.7 Å². The van der Waals surface area contributed by atoms with Crippen molar-refractivity contribution in [1.29, 1.82) is 0 Å². The highest BCUT2D eigenvalue weighted by atomic mass is 16.3. The highest BCUT2D eigenvalue weighted by Crippen LogP contribution is 2.37. The zero-order valence-corrected chi connectivity index (χ0v) is 17.3. The van der Waals surface area contributed by atoms with E-state index in [9.17, 15) is 9.90 Å². The molecule has 156 valence electrons. The third kappa shape index (κ3) is 4.79. The van der Waals surface area contributed by atoms with E-state index in [1.54, 1.807) is 4.68 Å². The maximum Gasteiger partial charge on any atom is 0.234 e. The fourth-order valence-electron chi connectivity index (χ4n) is 4.39. The van der Waals surface area contributed by atoms with E-state index < -0.39 is 0 Å². The van der Waals surface area contributed by atoms with Crippen molar-refractivity contribution in [2.45, 2.75) is 31.9 Å². The number of aliphatic hydroxyl groups excluding tert-OH is 1. The van der Waals surface area contributed by atoms with Crippen LogP contribution >= 0.6 is 0 Å². The summed E-state index contributed by atoms with van der Waals surface area (Å²) >= 11 is 0. The Bertz CT molecular complexity index is 837. The lowest BCUT2D eigenvalue weighted by molar-refractivity contribution is -0.124. The fourth-order valence-corrected chi connectivity index (χ4v) is 4.39. The van der Waals surface area contributed by atoms with Gasteiger partial charge in [-0.05, 0) is 43.4 Å². The molecule has 2 N–H and O–H groups in total. The first-order chi connectivity index (χ1) is 14.0. The summed E-state index contributed by atoms with van der Waals surface area (Å²) in [5, 5.41) is 17.2. The molecule has 1 amide bonds. The van der Waals surface area contributed by atoms with Crippen LogP contribution in [0.1, 0.15) is 30.0 Å². The largest absolute Gasteiger partial charge is 0.393 e. The number of benzene rings is 1. The van der Waals surface area contributed by atoms with Gasteiger partial charge in [0.15, 0.2) is 0 Å². The maximum atomic E-state index is 12.8. The Balaban J connectivity index is 1.31. The van der Waals surface area contributed by atoms with Crippen molar-refractivity contribution in [2.24, 2.45) is 13.0 Å². The number of aliphatic hydroxyl groups is 1. The van der Waals surface area contributed by atoms with Gasteiger partial charge in [-0.25, -0.2) is 0 Å². The Morgan fingerprint density at radius 1 is 1.28 bits per heavy atom. The summed E-state index contributed by atoms with van der Waals surface area (Å²) in [5.41, 5.74) is 3.54. The highest BCUT2D eigenvalue weighted by molar-refractivity contribution is 5.78. The number of nitrogens with zero attached hydrogens (tertiary/aromatic N) is 4. The van der Waals surface area contributed by atoms with E-state index in [0.29, 0.717) is 6.54 Å². The van der Waals surface area contributed by atoms with Gasteiger partial charge in [0.25, 0.3) is 0 Å². The minimum absolute atomic E-state index is 0.0456. The van der Waals surface area contributed by atoms with Crippen LogP contribution in [0.4, 0.5) is 5.69 Å². The lowest BCUT2D eigenvalue weighted by Gasteiger charge is -2.39. The molecule has 0 unspecified atom stereocenters. The molecule has 0 radical (unpaired) electrons. The molecular formula is C22H31N5O2. The second-order valence-corrected chi connectivity index (χ2v) is 8.48. The number of hydrogen-bond donors (Lipinski definition) is 2. The lowest BCUT2D eigenvalue weighted by Crippen LogP contribution is -2.50. The highest BCUT2D eigenvalue weighted by Gasteiger charge is 2.36.